The molecule has 0 aromatic rings. The molecule has 6 nitrogen and oxygen atoms in total. The van der Waals surface area contributed by atoms with Crippen LogP contribution in [-0.4, -0.2) is 37.2 Å². The highest BCUT2D eigenvalue weighted by atomic mass is 16.6. The molecular weight excluding hydrogens is 925 g/mol. The van der Waals surface area contributed by atoms with Crippen molar-refractivity contribution in [2.75, 3.05) is 13.2 Å². The largest absolute Gasteiger partial charge is 0.462 e. The quantitative estimate of drug-likeness (QED) is 0.0261. The summed E-state index contributed by atoms with van der Waals surface area (Å²) in [6.45, 7) is 6.51. The lowest BCUT2D eigenvalue weighted by molar-refractivity contribution is -0.167. The van der Waals surface area contributed by atoms with Crippen LogP contribution in [-0.2, 0) is 28.6 Å². The molecule has 0 heterocycles. The Morgan fingerprint density at radius 1 is 0.280 bits per heavy atom. The van der Waals surface area contributed by atoms with Gasteiger partial charge in [0.05, 0.1) is 0 Å². The predicted molar refractivity (Wildman–Crippen MR) is 325 cm³/mol. The van der Waals surface area contributed by atoms with Gasteiger partial charge in [0.2, 0.25) is 0 Å². The number of allylic oxidation sites excluding steroid dienone is 16. The fraction of sp³-hybridized carbons (Fsp3) is 0.725. The van der Waals surface area contributed by atoms with E-state index in [9.17, 15) is 14.4 Å². The van der Waals surface area contributed by atoms with E-state index in [4.69, 9.17) is 14.2 Å². The minimum atomic E-state index is -0.782. The van der Waals surface area contributed by atoms with Gasteiger partial charge in [0.1, 0.15) is 13.2 Å². The minimum absolute atomic E-state index is 0.0793. The molecule has 0 radical (unpaired) electrons. The Balaban J connectivity index is 4.24. The molecule has 430 valence electrons. The first kappa shape index (κ1) is 71.3. The van der Waals surface area contributed by atoms with Crippen molar-refractivity contribution in [3.8, 4) is 0 Å². The van der Waals surface area contributed by atoms with Crippen LogP contribution in [0.25, 0.3) is 0 Å². The number of hydrogen-bond acceptors (Lipinski definition) is 6. The van der Waals surface area contributed by atoms with Gasteiger partial charge in [-0.3, -0.25) is 14.4 Å². The Bertz CT molecular complexity index is 1480. The van der Waals surface area contributed by atoms with Crippen LogP contribution < -0.4 is 0 Å². The first-order valence-corrected chi connectivity index (χ1v) is 31.7. The first-order chi connectivity index (χ1) is 37.0. The fourth-order valence-electron chi connectivity index (χ4n) is 8.83. The van der Waals surface area contributed by atoms with E-state index in [1.807, 2.05) is 0 Å². The molecule has 0 rings (SSSR count). The summed E-state index contributed by atoms with van der Waals surface area (Å²) in [5, 5.41) is 0. The van der Waals surface area contributed by atoms with Gasteiger partial charge < -0.3 is 14.2 Å². The maximum absolute atomic E-state index is 12.9. The van der Waals surface area contributed by atoms with Crippen LogP contribution >= 0.6 is 0 Å². The van der Waals surface area contributed by atoms with Gasteiger partial charge in [-0.05, 0) is 103 Å². The molecule has 0 aromatic carbocycles. The summed E-state index contributed by atoms with van der Waals surface area (Å²) >= 11 is 0. The lowest BCUT2D eigenvalue weighted by Crippen LogP contribution is -2.30. The maximum atomic E-state index is 12.9. The van der Waals surface area contributed by atoms with E-state index in [0.29, 0.717) is 19.3 Å². The van der Waals surface area contributed by atoms with Crippen molar-refractivity contribution in [1.29, 1.82) is 0 Å². The molecule has 0 bridgehead atoms. The molecule has 0 aliphatic carbocycles. The van der Waals surface area contributed by atoms with Gasteiger partial charge in [0.25, 0.3) is 0 Å². The van der Waals surface area contributed by atoms with Crippen molar-refractivity contribution < 1.29 is 28.6 Å². The molecule has 0 saturated carbocycles. The van der Waals surface area contributed by atoms with E-state index in [-0.39, 0.29) is 31.1 Å². The van der Waals surface area contributed by atoms with Crippen LogP contribution in [0.3, 0.4) is 0 Å². The zero-order valence-electron chi connectivity index (χ0n) is 49.3. The number of carbonyl (C=O) groups is 3. The second-order valence-corrected chi connectivity index (χ2v) is 20.9. The molecule has 1 atom stereocenters. The maximum Gasteiger partial charge on any atom is 0.306 e. The smallest absolute Gasteiger partial charge is 0.306 e. The Morgan fingerprint density at radius 3 is 0.827 bits per heavy atom. The van der Waals surface area contributed by atoms with Crippen molar-refractivity contribution in [2.45, 2.75) is 309 Å². The summed E-state index contributed by atoms with van der Waals surface area (Å²) in [6, 6.07) is 0. The van der Waals surface area contributed by atoms with Gasteiger partial charge in [-0.25, -0.2) is 0 Å². The Kier molecular flexibility index (Phi) is 59.8. The van der Waals surface area contributed by atoms with Crippen LogP contribution in [0.1, 0.15) is 303 Å². The third-order valence-corrected chi connectivity index (χ3v) is 13.6. The third-order valence-electron chi connectivity index (χ3n) is 13.6. The highest BCUT2D eigenvalue weighted by Gasteiger charge is 2.19. The number of carbonyl (C=O) groups excluding carboxylic acids is 3. The normalized spacial score (nSPS) is 12.7. The third kappa shape index (κ3) is 61.1. The topological polar surface area (TPSA) is 78.9 Å². The van der Waals surface area contributed by atoms with E-state index in [2.05, 4.69) is 118 Å². The van der Waals surface area contributed by atoms with E-state index in [0.717, 1.165) is 109 Å². The summed E-state index contributed by atoms with van der Waals surface area (Å²) in [7, 11) is 0. The lowest BCUT2D eigenvalue weighted by Gasteiger charge is -2.18. The molecule has 0 fully saturated rings. The highest BCUT2D eigenvalue weighted by Crippen LogP contribution is 2.16. The van der Waals surface area contributed by atoms with Gasteiger partial charge >= 0.3 is 17.9 Å². The predicted octanol–water partition coefficient (Wildman–Crippen LogP) is 21.7. The molecule has 0 aliphatic heterocycles. The lowest BCUT2D eigenvalue weighted by atomic mass is 10.1. The van der Waals surface area contributed by atoms with Gasteiger partial charge in [-0.1, -0.05) is 279 Å². The molecule has 0 aliphatic rings. The van der Waals surface area contributed by atoms with Gasteiger partial charge in [0, 0.05) is 19.3 Å². The molecule has 1 unspecified atom stereocenters. The van der Waals surface area contributed by atoms with Crippen LogP contribution in [0, 0.1) is 0 Å². The number of esters is 3. The minimum Gasteiger partial charge on any atom is -0.462 e. The standard InChI is InChI=1S/C69H118O6/c1-4-7-10-13-16-19-22-24-26-28-30-31-32-33-34-35-36-37-38-39-40-42-43-45-47-50-53-56-59-62-68(71)74-65-66(64-73-67(70)61-58-55-52-49-21-18-15-12-9-6-3)75-69(72)63-60-57-54-51-48-46-44-41-29-27-25-23-20-17-14-11-8-5-2/h7,10,16,19-20,23-24,26-27,29-31,33-34,36-37,66H,4-6,8-9,11-15,17-18,21-22,25,28,32,35,38-65H2,1-3H3/b10-7-,19-16-,23-20-,26-24-,29-27-,31-30-,34-33-,37-36-. The van der Waals surface area contributed by atoms with E-state index >= 15 is 0 Å². The second-order valence-electron chi connectivity index (χ2n) is 20.9. The summed E-state index contributed by atoms with van der Waals surface area (Å²) in [6.07, 6.45) is 84.1. The molecule has 6 heteroatoms. The van der Waals surface area contributed by atoms with Crippen LogP contribution in [0.4, 0.5) is 0 Å². The van der Waals surface area contributed by atoms with Crippen molar-refractivity contribution >= 4 is 17.9 Å². The van der Waals surface area contributed by atoms with Gasteiger partial charge in [-0.2, -0.15) is 0 Å². The highest BCUT2D eigenvalue weighted by molar-refractivity contribution is 5.71. The van der Waals surface area contributed by atoms with Gasteiger partial charge in [0.15, 0.2) is 6.10 Å². The summed E-state index contributed by atoms with van der Waals surface area (Å²) in [5.74, 6) is -0.885. The Morgan fingerprint density at radius 2 is 0.520 bits per heavy atom. The van der Waals surface area contributed by atoms with E-state index in [1.54, 1.807) is 0 Å². The fourth-order valence-corrected chi connectivity index (χ4v) is 8.83. The molecule has 0 spiro atoms. The van der Waals surface area contributed by atoms with Crippen LogP contribution in [0.5, 0.6) is 0 Å². The summed E-state index contributed by atoms with van der Waals surface area (Å²) < 4.78 is 16.9. The molecule has 0 amide bonds. The number of hydrogen-bond donors (Lipinski definition) is 0. The SMILES string of the molecule is CC/C=C\C/C=C\C/C=C\C/C=C\C/C=C\C/C=C\CCCCCCCCCCCCC(=O)OCC(COC(=O)CCCCCCCCCCCC)OC(=O)CCCCCCCCC/C=C\C/C=C\CCCCCC. The zero-order chi connectivity index (χ0) is 54.3. The van der Waals surface area contributed by atoms with Crippen LogP contribution in [0.15, 0.2) is 97.2 Å². The molecule has 0 saturated heterocycles. The average molecular weight is 1040 g/mol. The monoisotopic (exact) mass is 1040 g/mol. The molecule has 0 aromatic heterocycles. The second kappa shape index (κ2) is 62.9. The average Bonchev–Trinajstić information content (AvgIpc) is 3.41. The van der Waals surface area contributed by atoms with Crippen molar-refractivity contribution in [3.63, 3.8) is 0 Å². The Labute approximate surface area is 464 Å². The summed E-state index contributed by atoms with van der Waals surface area (Å²) in [5.41, 5.74) is 0. The van der Waals surface area contributed by atoms with Crippen molar-refractivity contribution in [3.05, 3.63) is 97.2 Å². The molecular formula is C69H118O6. The summed E-state index contributed by atoms with van der Waals surface area (Å²) in [4.78, 5) is 38.2. The number of unbranched alkanes of at least 4 members (excludes halogenated alkanes) is 30. The van der Waals surface area contributed by atoms with Gasteiger partial charge in [-0.15, -0.1) is 0 Å². The number of rotatable bonds is 57. The zero-order valence-corrected chi connectivity index (χ0v) is 49.3. The van der Waals surface area contributed by atoms with E-state index in [1.165, 1.54) is 154 Å². The first-order valence-electron chi connectivity index (χ1n) is 31.7. The van der Waals surface area contributed by atoms with Crippen LogP contribution in [0.2, 0.25) is 0 Å². The van der Waals surface area contributed by atoms with E-state index < -0.39 is 6.10 Å². The van der Waals surface area contributed by atoms with Crippen molar-refractivity contribution in [2.24, 2.45) is 0 Å². The van der Waals surface area contributed by atoms with Crippen molar-refractivity contribution in [1.82, 2.24) is 0 Å². The molecule has 75 heavy (non-hydrogen) atoms. The molecule has 0 N–H and O–H groups in total. The number of ether oxygens (including phenoxy) is 3. The Hall–Kier alpha value is -3.67.